The van der Waals surface area contributed by atoms with Gasteiger partial charge in [0.15, 0.2) is 0 Å². The lowest BCUT2D eigenvalue weighted by Gasteiger charge is -2.21. The summed E-state index contributed by atoms with van der Waals surface area (Å²) in [6, 6.07) is 8.67. The number of carbonyl (C=O) groups is 1. The van der Waals surface area contributed by atoms with Gasteiger partial charge in [-0.2, -0.15) is 0 Å². The lowest BCUT2D eigenvalue weighted by atomic mass is 9.99. The highest BCUT2D eigenvalue weighted by Crippen LogP contribution is 2.40. The van der Waals surface area contributed by atoms with Crippen molar-refractivity contribution in [3.63, 3.8) is 0 Å². The minimum atomic E-state index is 0.179. The number of carbonyl (C=O) groups excluding carboxylic acids is 1. The summed E-state index contributed by atoms with van der Waals surface area (Å²) in [5, 5.41) is 0. The molecule has 2 atom stereocenters. The molecule has 1 heterocycles. The van der Waals surface area contributed by atoms with E-state index in [1.54, 1.807) is 0 Å². The van der Waals surface area contributed by atoms with Crippen LogP contribution in [0.1, 0.15) is 24.0 Å². The smallest absolute Gasteiger partial charge is 0.236 e. The number of rotatable bonds is 5. The molecular weight excluding hydrogens is 274 g/mol. The van der Waals surface area contributed by atoms with Crippen molar-refractivity contribution in [1.29, 1.82) is 0 Å². The predicted molar refractivity (Wildman–Crippen MR) is 88.3 cm³/mol. The second kappa shape index (κ2) is 6.39. The van der Waals surface area contributed by atoms with Crippen LogP contribution in [0, 0.1) is 18.8 Å². The summed E-state index contributed by atoms with van der Waals surface area (Å²) in [7, 11) is 2.01. The maximum atomic E-state index is 12.5. The van der Waals surface area contributed by atoms with Gasteiger partial charge in [-0.05, 0) is 44.2 Å². The fourth-order valence-corrected chi connectivity index (χ4v) is 3.47. The Morgan fingerprint density at radius 2 is 1.95 bits per heavy atom. The molecule has 0 aromatic heterocycles. The van der Waals surface area contributed by atoms with E-state index in [1.165, 1.54) is 24.0 Å². The molecule has 2 N–H and O–H groups in total. The molecule has 0 bridgehead atoms. The second-order valence-corrected chi connectivity index (χ2v) is 7.12. The van der Waals surface area contributed by atoms with E-state index in [4.69, 9.17) is 5.73 Å². The molecular formula is C18H27N3O. The lowest BCUT2D eigenvalue weighted by molar-refractivity contribution is -0.131. The summed E-state index contributed by atoms with van der Waals surface area (Å²) in [6.07, 6.45) is 2.60. The molecule has 0 unspecified atom stereocenters. The van der Waals surface area contributed by atoms with Gasteiger partial charge >= 0.3 is 0 Å². The van der Waals surface area contributed by atoms with Gasteiger partial charge in [-0.1, -0.05) is 29.8 Å². The fraction of sp³-hybridized carbons (Fsp3) is 0.611. The molecule has 1 aromatic rings. The van der Waals surface area contributed by atoms with Crippen molar-refractivity contribution in [3.8, 4) is 0 Å². The van der Waals surface area contributed by atoms with Crippen LogP contribution >= 0.6 is 0 Å². The second-order valence-electron chi connectivity index (χ2n) is 7.12. The zero-order valence-electron chi connectivity index (χ0n) is 13.7. The first kappa shape index (κ1) is 15.5. The monoisotopic (exact) mass is 301 g/mol. The van der Waals surface area contributed by atoms with E-state index in [1.807, 2.05) is 11.9 Å². The van der Waals surface area contributed by atoms with Crippen molar-refractivity contribution in [1.82, 2.24) is 9.80 Å². The first-order valence-corrected chi connectivity index (χ1v) is 8.30. The fourth-order valence-electron chi connectivity index (χ4n) is 3.47. The average molecular weight is 301 g/mol. The summed E-state index contributed by atoms with van der Waals surface area (Å²) >= 11 is 0. The van der Waals surface area contributed by atoms with Crippen molar-refractivity contribution < 1.29 is 4.79 Å². The zero-order chi connectivity index (χ0) is 15.7. The molecule has 1 aliphatic heterocycles. The Balaban J connectivity index is 1.49. The number of likely N-dealkylation sites (tertiary alicyclic amines) is 1. The van der Waals surface area contributed by atoms with Crippen LogP contribution in [0.5, 0.6) is 0 Å². The van der Waals surface area contributed by atoms with E-state index in [-0.39, 0.29) is 11.9 Å². The van der Waals surface area contributed by atoms with Gasteiger partial charge in [0.25, 0.3) is 0 Å². The van der Waals surface area contributed by atoms with E-state index in [0.717, 1.165) is 25.6 Å². The number of nitrogens with two attached hydrogens (primary N) is 1. The summed E-state index contributed by atoms with van der Waals surface area (Å²) < 4.78 is 0. The molecule has 1 saturated heterocycles. The van der Waals surface area contributed by atoms with E-state index < -0.39 is 0 Å². The number of likely N-dealkylation sites (N-methyl/N-ethyl adjacent to an activating group) is 1. The Kier molecular flexibility index (Phi) is 4.50. The largest absolute Gasteiger partial charge is 0.340 e. The summed E-state index contributed by atoms with van der Waals surface area (Å²) in [5.74, 6) is 1.53. The van der Waals surface area contributed by atoms with Gasteiger partial charge in [-0.15, -0.1) is 0 Å². The Bertz CT molecular complexity index is 524. The molecule has 1 aromatic carbocycles. The quantitative estimate of drug-likeness (QED) is 0.899. The molecule has 2 fully saturated rings. The van der Waals surface area contributed by atoms with Crippen molar-refractivity contribution in [2.75, 3.05) is 26.7 Å². The Morgan fingerprint density at radius 1 is 1.27 bits per heavy atom. The van der Waals surface area contributed by atoms with Gasteiger partial charge in [0.05, 0.1) is 6.54 Å². The summed E-state index contributed by atoms with van der Waals surface area (Å²) in [4.78, 5) is 16.5. The van der Waals surface area contributed by atoms with Gasteiger partial charge in [0.2, 0.25) is 5.91 Å². The van der Waals surface area contributed by atoms with Crippen molar-refractivity contribution in [2.45, 2.75) is 32.4 Å². The summed E-state index contributed by atoms with van der Waals surface area (Å²) in [6.45, 7) is 4.96. The highest BCUT2D eigenvalue weighted by atomic mass is 16.2. The van der Waals surface area contributed by atoms with Crippen molar-refractivity contribution in [2.24, 2.45) is 17.6 Å². The number of nitrogens with zero attached hydrogens (tertiary/aromatic N) is 2. The van der Waals surface area contributed by atoms with Crippen LogP contribution in [0.2, 0.25) is 0 Å². The molecule has 120 valence electrons. The molecule has 1 aliphatic carbocycles. The predicted octanol–water partition coefficient (Wildman–Crippen LogP) is 1.62. The molecule has 1 saturated carbocycles. The maximum absolute atomic E-state index is 12.5. The van der Waals surface area contributed by atoms with Crippen LogP contribution in [0.3, 0.4) is 0 Å². The van der Waals surface area contributed by atoms with Crippen LogP contribution < -0.4 is 5.73 Å². The van der Waals surface area contributed by atoms with Gasteiger partial charge < -0.3 is 10.6 Å². The summed E-state index contributed by atoms with van der Waals surface area (Å²) in [5.41, 5.74) is 8.72. The van der Waals surface area contributed by atoms with Gasteiger partial charge in [-0.25, -0.2) is 0 Å². The minimum Gasteiger partial charge on any atom is -0.340 e. The highest BCUT2D eigenvalue weighted by molar-refractivity contribution is 5.78. The SMILES string of the molecule is Cc1ccc(CN(C)CC(=O)N2C[C@@H](N)[C@H](C3CC3)C2)cc1. The topological polar surface area (TPSA) is 49.6 Å². The molecule has 0 spiro atoms. The first-order chi connectivity index (χ1) is 10.5. The Morgan fingerprint density at radius 3 is 2.59 bits per heavy atom. The average Bonchev–Trinajstić information content (AvgIpc) is 3.24. The number of amides is 1. The minimum absolute atomic E-state index is 0.179. The van der Waals surface area contributed by atoms with Gasteiger partial charge in [0, 0.05) is 25.7 Å². The van der Waals surface area contributed by atoms with Crippen LogP contribution in [-0.4, -0.2) is 48.4 Å². The molecule has 2 aliphatic rings. The standard InChI is InChI=1S/C18H27N3O/c1-13-3-5-14(6-4-13)9-20(2)12-18(22)21-10-16(15-7-8-15)17(19)11-21/h3-6,15-17H,7-12,19H2,1-2H3/t16-,17+/m0/s1. The molecule has 4 heteroatoms. The maximum Gasteiger partial charge on any atom is 0.236 e. The third kappa shape index (κ3) is 3.68. The third-order valence-electron chi connectivity index (χ3n) is 4.97. The van der Waals surface area contributed by atoms with E-state index in [0.29, 0.717) is 12.5 Å². The zero-order valence-corrected chi connectivity index (χ0v) is 13.7. The molecule has 3 rings (SSSR count). The normalized spacial score (nSPS) is 25.0. The van der Waals surface area contributed by atoms with E-state index in [2.05, 4.69) is 36.1 Å². The highest BCUT2D eigenvalue weighted by Gasteiger charge is 2.42. The number of benzene rings is 1. The van der Waals surface area contributed by atoms with E-state index in [9.17, 15) is 4.79 Å². The van der Waals surface area contributed by atoms with Crippen molar-refractivity contribution >= 4 is 5.91 Å². The Labute approximate surface area is 133 Å². The third-order valence-corrected chi connectivity index (χ3v) is 4.97. The van der Waals surface area contributed by atoms with Crippen LogP contribution in [-0.2, 0) is 11.3 Å². The van der Waals surface area contributed by atoms with Gasteiger partial charge in [-0.3, -0.25) is 9.69 Å². The lowest BCUT2D eigenvalue weighted by Crippen LogP contribution is -2.38. The molecule has 4 nitrogen and oxygen atoms in total. The van der Waals surface area contributed by atoms with Crippen LogP contribution in [0.15, 0.2) is 24.3 Å². The van der Waals surface area contributed by atoms with Crippen LogP contribution in [0.25, 0.3) is 0 Å². The van der Waals surface area contributed by atoms with Gasteiger partial charge in [0.1, 0.15) is 0 Å². The first-order valence-electron chi connectivity index (χ1n) is 8.30. The van der Waals surface area contributed by atoms with Crippen LogP contribution in [0.4, 0.5) is 0 Å². The molecule has 1 amide bonds. The number of hydrogen-bond acceptors (Lipinski definition) is 3. The Hall–Kier alpha value is -1.39. The molecule has 22 heavy (non-hydrogen) atoms. The number of aryl methyl sites for hydroxylation is 1. The number of hydrogen-bond donors (Lipinski definition) is 1. The van der Waals surface area contributed by atoms with Crippen molar-refractivity contribution in [3.05, 3.63) is 35.4 Å². The van der Waals surface area contributed by atoms with E-state index >= 15 is 0 Å². The molecule has 0 radical (unpaired) electrons.